The summed E-state index contributed by atoms with van der Waals surface area (Å²) in [6.45, 7) is 16.2. The van der Waals surface area contributed by atoms with E-state index in [0.717, 1.165) is 64.4 Å². The molecule has 34 heavy (non-hydrogen) atoms. The second-order valence-corrected chi connectivity index (χ2v) is 11.7. The van der Waals surface area contributed by atoms with Crippen molar-refractivity contribution < 1.29 is 14.9 Å². The maximum Gasteiger partial charge on any atom is 0.0815 e. The first-order valence-corrected chi connectivity index (χ1v) is 14.5. The Labute approximate surface area is 212 Å². The summed E-state index contributed by atoms with van der Waals surface area (Å²) in [7, 11) is 0. The standard InChI is InChI=1S/C31H58O3/c1-8-10-12-20-31(7,33)21-14-17-24(3)15-13-16-25(4)18-19-28-23-29(32)26(5)27(6)30(28)34-22-11-9-2/h17,23,25-27,29-30,32-33H,8-16,18-22H2,1-7H3. The molecular weight excluding hydrogens is 420 g/mol. The van der Waals surface area contributed by atoms with Gasteiger partial charge in [0.2, 0.25) is 0 Å². The molecule has 0 aromatic carbocycles. The second kappa shape index (κ2) is 16.9. The smallest absolute Gasteiger partial charge is 0.0815 e. The summed E-state index contributed by atoms with van der Waals surface area (Å²) in [6, 6.07) is 0. The predicted molar refractivity (Wildman–Crippen MR) is 147 cm³/mol. The lowest BCUT2D eigenvalue weighted by Crippen LogP contribution is -2.39. The quantitative estimate of drug-likeness (QED) is 0.154. The Morgan fingerprint density at radius 2 is 1.76 bits per heavy atom. The van der Waals surface area contributed by atoms with Gasteiger partial charge in [0.25, 0.3) is 0 Å². The van der Waals surface area contributed by atoms with Gasteiger partial charge in [0.05, 0.1) is 17.8 Å². The van der Waals surface area contributed by atoms with Crippen LogP contribution in [0.5, 0.6) is 0 Å². The minimum Gasteiger partial charge on any atom is -0.390 e. The third-order valence-electron chi connectivity index (χ3n) is 8.08. The normalized spacial score (nSPS) is 26.3. The van der Waals surface area contributed by atoms with Crippen LogP contribution in [0.4, 0.5) is 0 Å². The van der Waals surface area contributed by atoms with E-state index in [2.05, 4.69) is 53.7 Å². The van der Waals surface area contributed by atoms with Gasteiger partial charge in [-0.25, -0.2) is 0 Å². The molecule has 0 saturated heterocycles. The molecule has 6 unspecified atom stereocenters. The molecule has 0 aromatic heterocycles. The Kier molecular flexibility index (Phi) is 15.6. The van der Waals surface area contributed by atoms with Crippen molar-refractivity contribution in [3.05, 3.63) is 23.3 Å². The van der Waals surface area contributed by atoms with Crippen LogP contribution in [0.1, 0.15) is 132 Å². The Bertz CT molecular complexity index is 591. The van der Waals surface area contributed by atoms with Crippen LogP contribution in [0, 0.1) is 17.8 Å². The van der Waals surface area contributed by atoms with Crippen molar-refractivity contribution >= 4 is 0 Å². The number of allylic oxidation sites excluding steroid dienone is 2. The molecule has 0 fully saturated rings. The average Bonchev–Trinajstić information content (AvgIpc) is 2.78. The lowest BCUT2D eigenvalue weighted by Gasteiger charge is -2.37. The van der Waals surface area contributed by atoms with E-state index in [9.17, 15) is 10.2 Å². The Balaban J connectivity index is 2.39. The van der Waals surface area contributed by atoms with Gasteiger partial charge in [-0.1, -0.05) is 84.4 Å². The summed E-state index contributed by atoms with van der Waals surface area (Å²) in [5, 5.41) is 21.0. The molecule has 0 bridgehead atoms. The molecule has 3 nitrogen and oxygen atoms in total. The monoisotopic (exact) mass is 478 g/mol. The summed E-state index contributed by atoms with van der Waals surface area (Å²) in [6.07, 6.45) is 18.6. The SMILES string of the molecule is CCCCCC(C)(O)CCC=C(C)CCCC(C)CCC1=CC(O)C(C)C(C)C1OCCCC. The molecule has 200 valence electrons. The molecule has 1 aliphatic carbocycles. The number of aliphatic hydroxyl groups excluding tert-OH is 1. The summed E-state index contributed by atoms with van der Waals surface area (Å²) in [5.41, 5.74) is 2.26. The lowest BCUT2D eigenvalue weighted by molar-refractivity contribution is -0.0123. The average molecular weight is 479 g/mol. The van der Waals surface area contributed by atoms with Gasteiger partial charge in [0.15, 0.2) is 0 Å². The third-order valence-corrected chi connectivity index (χ3v) is 8.08. The maximum absolute atomic E-state index is 10.5. The van der Waals surface area contributed by atoms with E-state index in [0.29, 0.717) is 11.8 Å². The molecule has 2 N–H and O–H groups in total. The molecule has 3 heteroatoms. The van der Waals surface area contributed by atoms with Crippen molar-refractivity contribution in [3.8, 4) is 0 Å². The molecular formula is C31H58O3. The van der Waals surface area contributed by atoms with Gasteiger partial charge in [0, 0.05) is 6.61 Å². The number of hydrogen-bond acceptors (Lipinski definition) is 3. The zero-order chi connectivity index (χ0) is 25.6. The minimum atomic E-state index is -0.519. The van der Waals surface area contributed by atoms with E-state index >= 15 is 0 Å². The summed E-state index contributed by atoms with van der Waals surface area (Å²) in [5.74, 6) is 1.29. The molecule has 0 amide bonds. The molecule has 1 rings (SSSR count). The van der Waals surface area contributed by atoms with Crippen LogP contribution in [-0.4, -0.2) is 34.6 Å². The van der Waals surface area contributed by atoms with E-state index in [4.69, 9.17) is 4.74 Å². The number of unbranched alkanes of at least 4 members (excludes halogenated alkanes) is 3. The molecule has 0 aliphatic heterocycles. The van der Waals surface area contributed by atoms with Crippen LogP contribution in [0.15, 0.2) is 23.3 Å². The molecule has 6 atom stereocenters. The third kappa shape index (κ3) is 12.4. The fraction of sp³-hybridized carbons (Fsp3) is 0.871. The van der Waals surface area contributed by atoms with E-state index in [1.54, 1.807) is 0 Å². The van der Waals surface area contributed by atoms with E-state index in [-0.39, 0.29) is 18.1 Å². The fourth-order valence-electron chi connectivity index (χ4n) is 5.13. The fourth-order valence-corrected chi connectivity index (χ4v) is 5.13. The minimum absolute atomic E-state index is 0.168. The maximum atomic E-state index is 10.5. The van der Waals surface area contributed by atoms with E-state index in [1.807, 2.05) is 6.92 Å². The lowest BCUT2D eigenvalue weighted by atomic mass is 9.76. The molecule has 0 spiro atoms. The Morgan fingerprint density at radius 3 is 2.44 bits per heavy atom. The van der Waals surface area contributed by atoms with Crippen LogP contribution < -0.4 is 0 Å². The van der Waals surface area contributed by atoms with Crippen molar-refractivity contribution in [2.24, 2.45) is 17.8 Å². The number of aliphatic hydroxyl groups is 2. The van der Waals surface area contributed by atoms with Crippen LogP contribution in [0.3, 0.4) is 0 Å². The molecule has 0 heterocycles. The highest BCUT2D eigenvalue weighted by molar-refractivity contribution is 5.18. The van der Waals surface area contributed by atoms with Crippen LogP contribution in [-0.2, 0) is 4.74 Å². The second-order valence-electron chi connectivity index (χ2n) is 11.7. The van der Waals surface area contributed by atoms with Gasteiger partial charge in [-0.15, -0.1) is 0 Å². The molecule has 0 aromatic rings. The Morgan fingerprint density at radius 1 is 1.06 bits per heavy atom. The molecule has 0 radical (unpaired) electrons. The van der Waals surface area contributed by atoms with Crippen molar-refractivity contribution in [2.45, 2.75) is 150 Å². The van der Waals surface area contributed by atoms with E-state index in [1.165, 1.54) is 36.8 Å². The highest BCUT2D eigenvalue weighted by atomic mass is 16.5. The summed E-state index contributed by atoms with van der Waals surface area (Å²) >= 11 is 0. The first-order valence-electron chi connectivity index (χ1n) is 14.5. The summed E-state index contributed by atoms with van der Waals surface area (Å²) < 4.78 is 6.30. The van der Waals surface area contributed by atoms with Gasteiger partial charge in [-0.05, 0) is 88.5 Å². The van der Waals surface area contributed by atoms with Gasteiger partial charge in [0.1, 0.15) is 0 Å². The van der Waals surface area contributed by atoms with Gasteiger partial charge >= 0.3 is 0 Å². The van der Waals surface area contributed by atoms with Gasteiger partial charge in [-0.2, -0.15) is 0 Å². The topological polar surface area (TPSA) is 49.7 Å². The molecule has 0 saturated carbocycles. The van der Waals surface area contributed by atoms with Crippen molar-refractivity contribution in [1.82, 2.24) is 0 Å². The predicted octanol–water partition coefficient (Wildman–Crippen LogP) is 8.39. The van der Waals surface area contributed by atoms with Crippen LogP contribution >= 0.6 is 0 Å². The zero-order valence-electron chi connectivity index (χ0n) is 23.7. The Hall–Kier alpha value is -0.640. The van der Waals surface area contributed by atoms with Gasteiger partial charge in [-0.3, -0.25) is 0 Å². The number of ether oxygens (including phenoxy) is 1. The summed E-state index contributed by atoms with van der Waals surface area (Å²) in [4.78, 5) is 0. The first-order chi connectivity index (χ1) is 16.1. The first kappa shape index (κ1) is 31.4. The van der Waals surface area contributed by atoms with Gasteiger partial charge < -0.3 is 14.9 Å². The van der Waals surface area contributed by atoms with E-state index < -0.39 is 5.60 Å². The van der Waals surface area contributed by atoms with Crippen LogP contribution in [0.2, 0.25) is 0 Å². The zero-order valence-corrected chi connectivity index (χ0v) is 23.7. The number of hydrogen-bond donors (Lipinski definition) is 2. The van der Waals surface area contributed by atoms with Crippen molar-refractivity contribution in [3.63, 3.8) is 0 Å². The largest absolute Gasteiger partial charge is 0.390 e. The number of rotatable bonds is 18. The van der Waals surface area contributed by atoms with Crippen molar-refractivity contribution in [2.75, 3.05) is 6.61 Å². The molecule has 1 aliphatic rings. The van der Waals surface area contributed by atoms with Crippen LogP contribution in [0.25, 0.3) is 0 Å². The highest BCUT2D eigenvalue weighted by Crippen LogP contribution is 2.35. The van der Waals surface area contributed by atoms with Crippen molar-refractivity contribution in [1.29, 1.82) is 0 Å². The highest BCUT2D eigenvalue weighted by Gasteiger charge is 2.34.